The molecule has 20 heteroatoms. The molecule has 0 saturated carbocycles. The van der Waals surface area contributed by atoms with Gasteiger partial charge in [-0.3, -0.25) is 0 Å². The Kier molecular flexibility index (Phi) is 12.4. The molecule has 2 fully saturated rings. The van der Waals surface area contributed by atoms with E-state index in [1.54, 1.807) is 0 Å². The summed E-state index contributed by atoms with van der Waals surface area (Å²) in [4.78, 5) is 0. The van der Waals surface area contributed by atoms with Crippen LogP contribution in [0.5, 0.6) is 0 Å². The summed E-state index contributed by atoms with van der Waals surface area (Å²) in [5.41, 5.74) is 0. The zero-order valence-corrected chi connectivity index (χ0v) is 29.8. The molecule has 2 rings (SSSR count). The van der Waals surface area contributed by atoms with E-state index in [0.717, 1.165) is 26.2 Å². The van der Waals surface area contributed by atoms with Crippen LogP contribution in [0.15, 0.2) is 9.03 Å². The van der Waals surface area contributed by atoms with Gasteiger partial charge in [0.1, 0.15) is 0 Å². The van der Waals surface area contributed by atoms with E-state index in [1.165, 1.54) is 25.7 Å². The Hall–Kier alpha value is 0.580. The van der Waals surface area contributed by atoms with Crippen molar-refractivity contribution < 1.29 is 25.2 Å². The molecule has 0 bridgehead atoms. The van der Waals surface area contributed by atoms with Crippen molar-refractivity contribution in [2.75, 3.05) is 111 Å². The maximum absolute atomic E-state index is 10.7. The van der Waals surface area contributed by atoms with Gasteiger partial charge in [-0.2, -0.15) is 0 Å². The fourth-order valence-corrected chi connectivity index (χ4v) is 20.3. The van der Waals surface area contributed by atoms with Crippen LogP contribution in [0.4, 0.5) is 25.2 Å². The molecule has 40 heavy (non-hydrogen) atoms. The molecule has 0 N–H and O–H groups in total. The van der Waals surface area contributed by atoms with Gasteiger partial charge in [-0.15, -0.1) is 9.34 Å². The molecule has 0 radical (unpaired) electrons. The molecule has 2 saturated heterocycles. The second kappa shape index (κ2) is 12.9. The Morgan fingerprint density at radius 1 is 0.475 bits per heavy atom. The van der Waals surface area contributed by atoms with Gasteiger partial charge in [-0.05, 0) is 119 Å². The third-order valence-corrected chi connectivity index (χ3v) is 19.2. The first kappa shape index (κ1) is 38.6. The first-order chi connectivity index (χ1) is 17.7. The van der Waals surface area contributed by atoms with Gasteiger partial charge < -0.3 is 0 Å². The summed E-state index contributed by atoms with van der Waals surface area (Å²) < 4.78 is 90.8. The van der Waals surface area contributed by atoms with Gasteiger partial charge in [-0.1, -0.05) is 0 Å². The van der Waals surface area contributed by atoms with Crippen molar-refractivity contribution in [1.82, 2.24) is 37.4 Å². The number of halogens is 6. The van der Waals surface area contributed by atoms with Crippen LogP contribution in [0.3, 0.4) is 0 Å². The fourth-order valence-electron chi connectivity index (χ4n) is 5.31. The standard InChI is InChI=1S/C20H52N10P3.F6P/c1-23(2)32(24(3)4,25(5)6)21-31(29-17-13-14-18-29,30-19-15-16-20-30)22-33(26(7)8,27(9)10)28(11)12;1-7(2,3,4,5)6/h13-20H2,1-12H3;/q+1;-1. The van der Waals surface area contributed by atoms with Gasteiger partial charge in [0, 0.05) is 26.2 Å². The molecule has 0 unspecified atom stereocenters. The molecular formula is C20H52F6N10P4. The Morgan fingerprint density at radius 3 is 0.800 bits per heavy atom. The second-order valence-corrected chi connectivity index (χ2v) is 23.7. The van der Waals surface area contributed by atoms with E-state index in [4.69, 9.17) is 9.03 Å². The monoisotopic (exact) mass is 670 g/mol. The summed E-state index contributed by atoms with van der Waals surface area (Å²) in [7, 11) is 8.88. The summed E-state index contributed by atoms with van der Waals surface area (Å²) in [5, 5.41) is 0. The van der Waals surface area contributed by atoms with Crippen molar-refractivity contribution in [3.8, 4) is 0 Å². The molecule has 10 nitrogen and oxygen atoms in total. The fraction of sp³-hybridized carbons (Fsp3) is 1.00. The van der Waals surface area contributed by atoms with E-state index in [2.05, 4.69) is 122 Å². The van der Waals surface area contributed by atoms with Crippen molar-refractivity contribution in [2.24, 2.45) is 9.03 Å². The average Bonchev–Trinajstić information content (AvgIpc) is 3.45. The number of hydrogen-bond donors (Lipinski definition) is 0. The third-order valence-electron chi connectivity index (χ3n) is 6.62. The Morgan fingerprint density at radius 2 is 0.650 bits per heavy atom. The van der Waals surface area contributed by atoms with Crippen molar-refractivity contribution in [3.05, 3.63) is 0 Å². The van der Waals surface area contributed by atoms with Crippen molar-refractivity contribution >= 4 is 30.7 Å². The second-order valence-electron chi connectivity index (χ2n) is 11.2. The Balaban J connectivity index is 0.00000101. The molecule has 0 atom stereocenters. The predicted molar refractivity (Wildman–Crippen MR) is 163 cm³/mol. The Labute approximate surface area is 238 Å². The number of nitrogens with zero attached hydrogens (tertiary/aromatic N) is 10. The normalized spacial score (nSPS) is 20.5. The van der Waals surface area contributed by atoms with Gasteiger partial charge in [0.2, 0.25) is 15.0 Å². The molecule has 0 spiro atoms. The molecule has 0 aliphatic carbocycles. The van der Waals surface area contributed by atoms with Gasteiger partial charge in [0.05, 0.1) is 0 Å². The van der Waals surface area contributed by atoms with Gasteiger partial charge in [-0.25, -0.2) is 28.0 Å². The van der Waals surface area contributed by atoms with E-state index < -0.39 is 30.7 Å². The quantitative estimate of drug-likeness (QED) is 0.175. The summed E-state index contributed by atoms with van der Waals surface area (Å²) in [5.74, 6) is 0. The van der Waals surface area contributed by atoms with E-state index >= 15 is 0 Å². The van der Waals surface area contributed by atoms with Crippen LogP contribution in [0.25, 0.3) is 0 Å². The summed E-state index contributed by atoms with van der Waals surface area (Å²) in [6.45, 7) is 4.33. The van der Waals surface area contributed by atoms with Crippen molar-refractivity contribution in [2.45, 2.75) is 25.7 Å². The molecule has 244 valence electrons. The zero-order valence-electron chi connectivity index (χ0n) is 26.2. The van der Waals surface area contributed by atoms with E-state index in [-0.39, 0.29) is 0 Å². The van der Waals surface area contributed by atoms with Crippen LogP contribution >= 0.6 is 30.7 Å². The maximum atomic E-state index is 9.87. The van der Waals surface area contributed by atoms with E-state index in [9.17, 15) is 25.2 Å². The van der Waals surface area contributed by atoms with Crippen LogP contribution in [0.1, 0.15) is 25.7 Å². The molecule has 0 aromatic rings. The molecular weight excluding hydrogens is 618 g/mol. The minimum absolute atomic E-state index is 1.08. The van der Waals surface area contributed by atoms with Gasteiger partial charge in [0.15, 0.2) is 0 Å². The Bertz CT molecular complexity index is 815. The molecule has 0 amide bonds. The summed E-state index contributed by atoms with van der Waals surface area (Å²) >= 11 is 0. The summed E-state index contributed by atoms with van der Waals surface area (Å²) in [6.07, 6.45) is 4.93. The first-order valence-electron chi connectivity index (χ1n) is 13.0. The van der Waals surface area contributed by atoms with Crippen LogP contribution in [-0.4, -0.2) is 148 Å². The molecule has 0 aromatic heterocycles. The molecule has 2 aliphatic heterocycles. The van der Waals surface area contributed by atoms with E-state index in [0.29, 0.717) is 0 Å². The average molecular weight is 671 g/mol. The SMILES string of the molecule is CN(C)P(=N[P+](N=P(N(C)C)(N(C)C)N(C)C)(N1CCCC1)N1CCCC1)(N(C)C)N(C)C.F[P-](F)(F)(F)(F)F. The summed E-state index contributed by atoms with van der Waals surface area (Å²) in [6, 6.07) is 0. The molecule has 2 heterocycles. The molecule has 2 aliphatic rings. The van der Waals surface area contributed by atoms with E-state index in [1.807, 2.05) is 0 Å². The zero-order chi connectivity index (χ0) is 31.6. The predicted octanol–water partition coefficient (Wildman–Crippen LogP) is 7.50. The van der Waals surface area contributed by atoms with Gasteiger partial charge in [0.25, 0.3) is 0 Å². The third kappa shape index (κ3) is 9.80. The van der Waals surface area contributed by atoms with Crippen LogP contribution in [-0.2, 0) is 0 Å². The number of hydrogen-bond acceptors (Lipinski definition) is 4. The first-order valence-corrected chi connectivity index (χ1v) is 19.9. The minimum atomic E-state index is -10.7. The van der Waals surface area contributed by atoms with Crippen LogP contribution in [0.2, 0.25) is 0 Å². The molecule has 0 aromatic carbocycles. The number of rotatable bonds is 10. The van der Waals surface area contributed by atoms with Crippen molar-refractivity contribution in [3.63, 3.8) is 0 Å². The van der Waals surface area contributed by atoms with Crippen molar-refractivity contribution in [1.29, 1.82) is 0 Å². The topological polar surface area (TPSA) is 50.6 Å². The van der Waals surface area contributed by atoms with Gasteiger partial charge >= 0.3 is 40.9 Å². The van der Waals surface area contributed by atoms with Crippen LogP contribution < -0.4 is 0 Å². The van der Waals surface area contributed by atoms with Crippen LogP contribution in [0, 0.1) is 0 Å².